The fourth-order valence-corrected chi connectivity index (χ4v) is 6.63. The van der Waals surface area contributed by atoms with Gasteiger partial charge in [0.05, 0.1) is 10.6 Å². The monoisotopic (exact) mass is 490 g/mol. The highest BCUT2D eigenvalue weighted by Crippen LogP contribution is 2.29. The number of amides is 1. The Morgan fingerprint density at radius 2 is 2.15 bits per heavy atom. The molecule has 1 aliphatic heterocycles. The van der Waals surface area contributed by atoms with Gasteiger partial charge >= 0.3 is 0 Å². The van der Waals surface area contributed by atoms with E-state index in [9.17, 15) is 13.2 Å². The van der Waals surface area contributed by atoms with Crippen LogP contribution in [0.15, 0.2) is 44.4 Å². The lowest BCUT2D eigenvalue weighted by Gasteiger charge is -2.34. The number of rotatable bonds is 6. The zero-order valence-corrected chi connectivity index (χ0v) is 18.5. The van der Waals surface area contributed by atoms with E-state index >= 15 is 0 Å². The van der Waals surface area contributed by atoms with Crippen molar-refractivity contribution in [3.63, 3.8) is 0 Å². The molecule has 0 bridgehead atoms. The Balaban J connectivity index is 1.64. The zero-order chi connectivity index (χ0) is 19.4. The first-order valence-corrected chi connectivity index (χ1v) is 12.2. The zero-order valence-electron chi connectivity index (χ0n) is 14.5. The first kappa shape index (κ1) is 20.8. The molecular formula is C18H20BrClN2O3S2. The van der Waals surface area contributed by atoms with E-state index in [0.29, 0.717) is 34.3 Å². The summed E-state index contributed by atoms with van der Waals surface area (Å²) in [7, 11) is -3.47. The Morgan fingerprint density at radius 1 is 1.33 bits per heavy atom. The van der Waals surface area contributed by atoms with Crippen LogP contribution >= 0.6 is 38.9 Å². The Kier molecular flexibility index (Phi) is 6.97. The van der Waals surface area contributed by atoms with E-state index in [1.165, 1.54) is 11.3 Å². The molecule has 0 aliphatic carbocycles. The van der Waals surface area contributed by atoms with Gasteiger partial charge in [0.1, 0.15) is 4.21 Å². The van der Waals surface area contributed by atoms with Crippen molar-refractivity contribution in [3.05, 3.63) is 50.8 Å². The summed E-state index contributed by atoms with van der Waals surface area (Å²) in [4.78, 5) is 12.4. The van der Waals surface area contributed by atoms with Crippen molar-refractivity contribution in [3.8, 4) is 0 Å². The van der Waals surface area contributed by atoms with Crippen LogP contribution in [0.3, 0.4) is 0 Å². The predicted molar refractivity (Wildman–Crippen MR) is 112 cm³/mol. The van der Waals surface area contributed by atoms with E-state index in [2.05, 4.69) is 21.2 Å². The molecule has 2 aromatic rings. The quantitative estimate of drug-likeness (QED) is 0.646. The highest BCUT2D eigenvalue weighted by molar-refractivity contribution is 9.10. The van der Waals surface area contributed by atoms with Crippen molar-refractivity contribution in [1.29, 1.82) is 0 Å². The van der Waals surface area contributed by atoms with Gasteiger partial charge in [-0.25, -0.2) is 8.42 Å². The molecule has 3 rings (SSSR count). The molecule has 2 heterocycles. The molecule has 1 aliphatic rings. The van der Waals surface area contributed by atoms with Crippen LogP contribution in [0.2, 0.25) is 5.02 Å². The Labute approximate surface area is 176 Å². The van der Waals surface area contributed by atoms with E-state index in [4.69, 9.17) is 11.6 Å². The molecule has 146 valence electrons. The fraction of sp³-hybridized carbons (Fsp3) is 0.389. The van der Waals surface area contributed by atoms with Crippen molar-refractivity contribution in [2.75, 3.05) is 13.1 Å². The minimum absolute atomic E-state index is 0.107. The lowest BCUT2D eigenvalue weighted by molar-refractivity contribution is 0.0949. The number of hydrogen-bond acceptors (Lipinski definition) is 4. The molecule has 1 aromatic heterocycles. The fourth-order valence-electron chi connectivity index (χ4n) is 3.22. The van der Waals surface area contributed by atoms with Crippen LogP contribution in [0.4, 0.5) is 0 Å². The molecule has 1 saturated heterocycles. The second-order valence-electron chi connectivity index (χ2n) is 6.37. The summed E-state index contributed by atoms with van der Waals surface area (Å²) in [6.07, 6.45) is 3.23. The molecule has 1 atom stereocenters. The van der Waals surface area contributed by atoms with Gasteiger partial charge in [0, 0.05) is 23.6 Å². The number of carbonyl (C=O) groups is 1. The Hall–Kier alpha value is -0.930. The van der Waals surface area contributed by atoms with Crippen molar-refractivity contribution < 1.29 is 13.2 Å². The van der Waals surface area contributed by atoms with Crippen LogP contribution in [0.1, 0.15) is 36.0 Å². The molecule has 5 nitrogen and oxygen atoms in total. The topological polar surface area (TPSA) is 66.5 Å². The highest BCUT2D eigenvalue weighted by Gasteiger charge is 2.33. The summed E-state index contributed by atoms with van der Waals surface area (Å²) in [5.41, 5.74) is 0.401. The maximum atomic E-state index is 12.9. The highest BCUT2D eigenvalue weighted by atomic mass is 79.9. The minimum Gasteiger partial charge on any atom is -0.352 e. The smallest absolute Gasteiger partial charge is 0.252 e. The Bertz CT molecular complexity index is 903. The molecule has 0 saturated carbocycles. The third-order valence-corrected chi connectivity index (χ3v) is 8.72. The normalized spacial score (nSPS) is 18.4. The predicted octanol–water partition coefficient (Wildman–Crippen LogP) is 4.53. The largest absolute Gasteiger partial charge is 0.352 e. The molecule has 1 aromatic carbocycles. The van der Waals surface area contributed by atoms with Crippen LogP contribution in [0.25, 0.3) is 0 Å². The molecule has 1 N–H and O–H groups in total. The van der Waals surface area contributed by atoms with Crippen LogP contribution in [0.5, 0.6) is 0 Å². The number of benzene rings is 1. The second kappa shape index (κ2) is 9.05. The summed E-state index contributed by atoms with van der Waals surface area (Å²) in [5.74, 6) is -0.259. The van der Waals surface area contributed by atoms with Gasteiger partial charge < -0.3 is 5.32 Å². The van der Waals surface area contributed by atoms with Gasteiger partial charge in [-0.1, -0.05) is 40.0 Å². The van der Waals surface area contributed by atoms with E-state index in [1.807, 2.05) is 0 Å². The van der Waals surface area contributed by atoms with Crippen LogP contribution in [-0.2, 0) is 10.0 Å². The van der Waals surface area contributed by atoms with Gasteiger partial charge in [0.2, 0.25) is 0 Å². The number of nitrogens with zero attached hydrogens (tertiary/aromatic N) is 1. The van der Waals surface area contributed by atoms with Crippen molar-refractivity contribution >= 4 is 54.8 Å². The average Bonchev–Trinajstić information content (AvgIpc) is 3.19. The third kappa shape index (κ3) is 4.92. The lowest BCUT2D eigenvalue weighted by Crippen LogP contribution is -2.44. The molecule has 27 heavy (non-hydrogen) atoms. The van der Waals surface area contributed by atoms with E-state index in [1.54, 1.807) is 40.0 Å². The van der Waals surface area contributed by atoms with Gasteiger partial charge in [-0.3, -0.25) is 4.79 Å². The summed E-state index contributed by atoms with van der Waals surface area (Å²) in [5, 5.41) is 5.01. The number of sulfonamides is 1. The van der Waals surface area contributed by atoms with Crippen molar-refractivity contribution in [2.45, 2.75) is 35.9 Å². The molecule has 9 heteroatoms. The third-order valence-electron chi connectivity index (χ3n) is 4.57. The van der Waals surface area contributed by atoms with Crippen molar-refractivity contribution in [2.24, 2.45) is 0 Å². The van der Waals surface area contributed by atoms with Gasteiger partial charge in [0.15, 0.2) is 0 Å². The number of halogens is 2. The van der Waals surface area contributed by atoms with Crippen LogP contribution in [-0.4, -0.2) is 37.8 Å². The van der Waals surface area contributed by atoms with Gasteiger partial charge in [0.25, 0.3) is 15.9 Å². The van der Waals surface area contributed by atoms with Gasteiger partial charge in [-0.05, 0) is 48.9 Å². The summed E-state index contributed by atoms with van der Waals surface area (Å²) in [6.45, 7) is 0.916. The van der Waals surface area contributed by atoms with Crippen LogP contribution in [0, 0.1) is 0 Å². The Morgan fingerprint density at radius 3 is 2.89 bits per heavy atom. The van der Waals surface area contributed by atoms with Gasteiger partial charge in [-0.2, -0.15) is 4.31 Å². The molecule has 1 fully saturated rings. The molecule has 0 radical (unpaired) electrons. The molecule has 1 amide bonds. The SMILES string of the molecule is O=C(NCCC1CCCCN1S(=O)(=O)c1cccs1)c1cc(Br)ccc1Cl. The maximum absolute atomic E-state index is 12.9. The maximum Gasteiger partial charge on any atom is 0.252 e. The number of piperidine rings is 1. The van der Waals surface area contributed by atoms with Gasteiger partial charge in [-0.15, -0.1) is 11.3 Å². The van der Waals surface area contributed by atoms with E-state index < -0.39 is 10.0 Å². The molecule has 0 spiro atoms. The first-order chi connectivity index (χ1) is 12.9. The van der Waals surface area contributed by atoms with E-state index in [0.717, 1.165) is 23.7 Å². The number of carbonyl (C=O) groups excluding carboxylic acids is 1. The average molecular weight is 492 g/mol. The summed E-state index contributed by atoms with van der Waals surface area (Å²) >= 11 is 10.7. The second-order valence-corrected chi connectivity index (χ2v) is 10.8. The van der Waals surface area contributed by atoms with Crippen molar-refractivity contribution in [1.82, 2.24) is 9.62 Å². The first-order valence-electron chi connectivity index (χ1n) is 8.68. The lowest BCUT2D eigenvalue weighted by atomic mass is 10.0. The summed E-state index contributed by atoms with van der Waals surface area (Å²) < 4.78 is 28.5. The van der Waals surface area contributed by atoms with E-state index in [-0.39, 0.29) is 11.9 Å². The standard InChI is InChI=1S/C18H20BrClN2O3S2/c19-13-6-7-16(20)15(12-13)18(23)21-9-8-14-4-1-2-10-22(14)27(24,25)17-5-3-11-26-17/h3,5-7,11-12,14H,1-2,4,8-10H2,(H,21,23). The summed E-state index contributed by atoms with van der Waals surface area (Å²) in [6, 6.07) is 8.39. The molecule has 1 unspecified atom stereocenters. The number of nitrogens with one attached hydrogen (secondary N) is 1. The minimum atomic E-state index is -3.47. The molecular weight excluding hydrogens is 472 g/mol. The van der Waals surface area contributed by atoms with Crippen LogP contribution < -0.4 is 5.32 Å². The number of hydrogen-bond donors (Lipinski definition) is 1. The number of thiophene rings is 1.